The van der Waals surface area contributed by atoms with Crippen molar-refractivity contribution in [2.24, 2.45) is 0 Å². The number of benzene rings is 1. The molecule has 1 aliphatic rings. The molecule has 100 valence electrons. The molecule has 0 aromatic heterocycles. The highest BCUT2D eigenvalue weighted by Crippen LogP contribution is 2.25. The van der Waals surface area contributed by atoms with Gasteiger partial charge in [-0.05, 0) is 37.5 Å². The molecule has 0 spiro atoms. The van der Waals surface area contributed by atoms with Gasteiger partial charge in [-0.2, -0.15) is 0 Å². The first-order chi connectivity index (χ1) is 8.68. The fourth-order valence-corrected chi connectivity index (χ4v) is 2.25. The number of nitrogens with zero attached hydrogens (tertiary/aromatic N) is 1. The molecule has 0 aliphatic carbocycles. The normalized spacial score (nSPS) is 16.8. The first kappa shape index (κ1) is 13.4. The van der Waals surface area contributed by atoms with Gasteiger partial charge < -0.3 is 9.47 Å². The highest BCUT2D eigenvalue weighted by molar-refractivity contribution is 5.44. The lowest BCUT2D eigenvalue weighted by atomic mass is 10.1. The Labute approximate surface area is 110 Å². The molecule has 1 aromatic rings. The Balaban J connectivity index is 1.88. The van der Waals surface area contributed by atoms with Gasteiger partial charge in [0.1, 0.15) is 12.4 Å². The van der Waals surface area contributed by atoms with Gasteiger partial charge in [0.25, 0.3) is 0 Å². The Hall–Kier alpha value is -1.06. The molecule has 18 heavy (non-hydrogen) atoms. The third-order valence-corrected chi connectivity index (χ3v) is 3.63. The molecule has 0 bridgehead atoms. The minimum Gasteiger partial charge on any atom is -0.492 e. The molecular weight excluding hydrogens is 226 g/mol. The van der Waals surface area contributed by atoms with Gasteiger partial charge >= 0.3 is 0 Å². The van der Waals surface area contributed by atoms with Gasteiger partial charge in [-0.1, -0.05) is 12.1 Å². The molecule has 0 atom stereocenters. The predicted molar refractivity (Wildman–Crippen MR) is 73.4 cm³/mol. The van der Waals surface area contributed by atoms with Crippen LogP contribution in [-0.4, -0.2) is 44.4 Å². The van der Waals surface area contributed by atoms with Crippen LogP contribution in [0.25, 0.3) is 0 Å². The highest BCUT2D eigenvalue weighted by atomic mass is 16.5. The second-order valence-electron chi connectivity index (χ2n) is 4.96. The van der Waals surface area contributed by atoms with E-state index in [-0.39, 0.29) is 0 Å². The molecule has 3 nitrogen and oxygen atoms in total. The van der Waals surface area contributed by atoms with Crippen LogP contribution in [0.1, 0.15) is 16.7 Å². The van der Waals surface area contributed by atoms with Crippen molar-refractivity contribution in [2.75, 3.05) is 39.5 Å². The topological polar surface area (TPSA) is 21.7 Å². The molecule has 1 aromatic carbocycles. The Morgan fingerprint density at radius 3 is 2.50 bits per heavy atom. The van der Waals surface area contributed by atoms with Crippen LogP contribution in [0.5, 0.6) is 5.75 Å². The molecule has 1 fully saturated rings. The van der Waals surface area contributed by atoms with Crippen LogP contribution in [-0.2, 0) is 4.74 Å². The van der Waals surface area contributed by atoms with Crippen molar-refractivity contribution in [1.82, 2.24) is 4.90 Å². The van der Waals surface area contributed by atoms with Gasteiger partial charge in [0, 0.05) is 19.6 Å². The molecule has 0 saturated carbocycles. The van der Waals surface area contributed by atoms with Crippen molar-refractivity contribution in [3.63, 3.8) is 0 Å². The molecule has 1 saturated heterocycles. The maximum Gasteiger partial charge on any atom is 0.125 e. The molecule has 2 rings (SSSR count). The fourth-order valence-electron chi connectivity index (χ4n) is 2.25. The predicted octanol–water partition coefficient (Wildman–Crippen LogP) is 2.32. The molecule has 0 amide bonds. The zero-order valence-corrected chi connectivity index (χ0v) is 11.7. The molecule has 1 heterocycles. The smallest absolute Gasteiger partial charge is 0.125 e. The first-order valence-electron chi connectivity index (χ1n) is 6.68. The van der Waals surface area contributed by atoms with Crippen molar-refractivity contribution in [3.05, 3.63) is 28.8 Å². The van der Waals surface area contributed by atoms with E-state index in [2.05, 4.69) is 37.8 Å². The van der Waals surface area contributed by atoms with Crippen LogP contribution in [0.15, 0.2) is 12.1 Å². The van der Waals surface area contributed by atoms with Crippen LogP contribution in [0.4, 0.5) is 0 Å². The van der Waals surface area contributed by atoms with E-state index in [1.807, 2.05) is 0 Å². The van der Waals surface area contributed by atoms with Crippen LogP contribution in [0.2, 0.25) is 0 Å². The second-order valence-corrected chi connectivity index (χ2v) is 4.96. The maximum atomic E-state index is 5.97. The van der Waals surface area contributed by atoms with Gasteiger partial charge in [0.2, 0.25) is 0 Å². The number of aryl methyl sites for hydroxylation is 2. The summed E-state index contributed by atoms with van der Waals surface area (Å²) in [5.41, 5.74) is 3.78. The summed E-state index contributed by atoms with van der Waals surface area (Å²) in [6.07, 6.45) is 0. The van der Waals surface area contributed by atoms with Crippen LogP contribution in [0.3, 0.4) is 0 Å². The Kier molecular flexibility index (Phi) is 4.61. The van der Waals surface area contributed by atoms with Gasteiger partial charge in [0.05, 0.1) is 13.2 Å². The van der Waals surface area contributed by atoms with E-state index in [4.69, 9.17) is 9.47 Å². The Bertz CT molecular complexity index is 398. The van der Waals surface area contributed by atoms with Gasteiger partial charge in [-0.3, -0.25) is 4.90 Å². The third kappa shape index (κ3) is 3.24. The lowest BCUT2D eigenvalue weighted by molar-refractivity contribution is 0.0322. The Morgan fingerprint density at radius 2 is 1.78 bits per heavy atom. The summed E-state index contributed by atoms with van der Waals surface area (Å²) >= 11 is 0. The lowest BCUT2D eigenvalue weighted by Crippen LogP contribution is -2.38. The molecule has 1 aliphatic heterocycles. The first-order valence-corrected chi connectivity index (χ1v) is 6.68. The summed E-state index contributed by atoms with van der Waals surface area (Å²) in [6, 6.07) is 4.28. The fraction of sp³-hybridized carbons (Fsp3) is 0.600. The van der Waals surface area contributed by atoms with Crippen LogP contribution in [0, 0.1) is 20.8 Å². The van der Waals surface area contributed by atoms with Gasteiger partial charge in [-0.25, -0.2) is 0 Å². The molecule has 0 unspecified atom stereocenters. The number of ether oxygens (including phenoxy) is 2. The summed E-state index contributed by atoms with van der Waals surface area (Å²) in [4.78, 5) is 2.39. The van der Waals surface area contributed by atoms with E-state index in [9.17, 15) is 0 Å². The largest absolute Gasteiger partial charge is 0.492 e. The minimum atomic E-state index is 0.755. The van der Waals surface area contributed by atoms with Crippen molar-refractivity contribution in [3.8, 4) is 5.75 Å². The summed E-state index contributed by atoms with van der Waals surface area (Å²) < 4.78 is 11.3. The Morgan fingerprint density at radius 1 is 1.11 bits per heavy atom. The van der Waals surface area contributed by atoms with E-state index >= 15 is 0 Å². The van der Waals surface area contributed by atoms with E-state index < -0.39 is 0 Å². The van der Waals surface area contributed by atoms with E-state index in [0.29, 0.717) is 0 Å². The maximum absolute atomic E-state index is 5.97. The molecule has 3 heteroatoms. The molecular formula is C15H23NO2. The van der Waals surface area contributed by atoms with Crippen molar-refractivity contribution < 1.29 is 9.47 Å². The second kappa shape index (κ2) is 6.21. The van der Waals surface area contributed by atoms with Crippen LogP contribution < -0.4 is 4.74 Å². The number of hydrogen-bond donors (Lipinski definition) is 0. The van der Waals surface area contributed by atoms with Crippen molar-refractivity contribution in [1.29, 1.82) is 0 Å². The molecule has 0 radical (unpaired) electrons. The summed E-state index contributed by atoms with van der Waals surface area (Å²) in [5, 5.41) is 0. The summed E-state index contributed by atoms with van der Waals surface area (Å²) in [6.45, 7) is 11.9. The minimum absolute atomic E-state index is 0.755. The SMILES string of the molecule is Cc1ccc(C)c(OCCN2CCOCC2)c1C. The third-order valence-electron chi connectivity index (χ3n) is 3.63. The number of rotatable bonds is 4. The monoisotopic (exact) mass is 249 g/mol. The molecule has 0 N–H and O–H groups in total. The van der Waals surface area contributed by atoms with Crippen molar-refractivity contribution in [2.45, 2.75) is 20.8 Å². The zero-order valence-electron chi connectivity index (χ0n) is 11.7. The standard InChI is InChI=1S/C15H23NO2/c1-12-4-5-13(2)15(14(12)3)18-11-8-16-6-9-17-10-7-16/h4-5H,6-11H2,1-3H3. The summed E-state index contributed by atoms with van der Waals surface area (Å²) in [5.74, 6) is 1.06. The van der Waals surface area contributed by atoms with E-state index in [0.717, 1.165) is 45.2 Å². The average Bonchev–Trinajstić information content (AvgIpc) is 2.39. The highest BCUT2D eigenvalue weighted by Gasteiger charge is 2.11. The van der Waals surface area contributed by atoms with E-state index in [1.165, 1.54) is 16.7 Å². The number of morpholine rings is 1. The van der Waals surface area contributed by atoms with E-state index in [1.54, 1.807) is 0 Å². The lowest BCUT2D eigenvalue weighted by Gasteiger charge is -2.26. The summed E-state index contributed by atoms with van der Waals surface area (Å²) in [7, 11) is 0. The van der Waals surface area contributed by atoms with Crippen molar-refractivity contribution >= 4 is 0 Å². The van der Waals surface area contributed by atoms with Gasteiger partial charge in [-0.15, -0.1) is 0 Å². The zero-order chi connectivity index (χ0) is 13.0. The number of hydrogen-bond acceptors (Lipinski definition) is 3. The average molecular weight is 249 g/mol. The quantitative estimate of drug-likeness (QED) is 0.817. The van der Waals surface area contributed by atoms with Crippen LogP contribution >= 0.6 is 0 Å². The van der Waals surface area contributed by atoms with Gasteiger partial charge in [0.15, 0.2) is 0 Å².